The standard InChI is InChI=1S/C21H30N4O2/c1-3-4-14-27-19-10-6-5-8-17(19)15-23-18-9-7-12-25(16-18)20-21(26)24(2)13-11-22-20/h5-6,8,10-11,13,18,23H,3-4,7,9,12,14-16H2,1-2H3/t18-/m0/s1. The minimum Gasteiger partial charge on any atom is -0.493 e. The van der Waals surface area contributed by atoms with E-state index < -0.39 is 0 Å². The Hall–Kier alpha value is -2.34. The second-order valence-corrected chi connectivity index (χ2v) is 7.14. The summed E-state index contributed by atoms with van der Waals surface area (Å²) in [5, 5.41) is 3.64. The molecule has 1 fully saturated rings. The maximum atomic E-state index is 12.3. The van der Waals surface area contributed by atoms with Gasteiger partial charge in [-0.15, -0.1) is 0 Å². The second kappa shape index (κ2) is 9.55. The Bertz CT molecular complexity index is 790. The zero-order valence-electron chi connectivity index (χ0n) is 16.4. The van der Waals surface area contributed by atoms with Gasteiger partial charge in [-0.1, -0.05) is 31.5 Å². The molecule has 2 heterocycles. The number of benzene rings is 1. The van der Waals surface area contributed by atoms with Crippen LogP contribution in [0.4, 0.5) is 5.82 Å². The first kappa shape index (κ1) is 19.4. The van der Waals surface area contributed by atoms with Crippen LogP contribution in [0.2, 0.25) is 0 Å². The number of rotatable bonds is 8. The topological polar surface area (TPSA) is 59.4 Å². The van der Waals surface area contributed by atoms with Crippen molar-refractivity contribution in [2.24, 2.45) is 7.05 Å². The first-order chi connectivity index (χ1) is 13.2. The lowest BCUT2D eigenvalue weighted by Crippen LogP contribution is -2.47. The van der Waals surface area contributed by atoms with Crippen molar-refractivity contribution >= 4 is 5.82 Å². The number of nitrogens with zero attached hydrogens (tertiary/aromatic N) is 3. The molecule has 1 saturated heterocycles. The molecule has 3 rings (SSSR count). The molecule has 0 aliphatic carbocycles. The fourth-order valence-electron chi connectivity index (χ4n) is 3.41. The zero-order valence-corrected chi connectivity index (χ0v) is 16.4. The van der Waals surface area contributed by atoms with Gasteiger partial charge in [0.1, 0.15) is 5.75 Å². The van der Waals surface area contributed by atoms with Crippen molar-refractivity contribution in [2.45, 2.75) is 45.2 Å². The molecule has 0 saturated carbocycles. The highest BCUT2D eigenvalue weighted by atomic mass is 16.5. The summed E-state index contributed by atoms with van der Waals surface area (Å²) in [6.07, 6.45) is 7.73. The van der Waals surface area contributed by atoms with Crippen LogP contribution in [0.1, 0.15) is 38.2 Å². The van der Waals surface area contributed by atoms with Crippen molar-refractivity contribution < 1.29 is 4.74 Å². The Morgan fingerprint density at radius 1 is 1.33 bits per heavy atom. The lowest BCUT2D eigenvalue weighted by atomic mass is 10.1. The molecule has 1 aromatic carbocycles. The summed E-state index contributed by atoms with van der Waals surface area (Å²) in [7, 11) is 1.77. The third-order valence-corrected chi connectivity index (χ3v) is 5.03. The number of nitrogens with one attached hydrogen (secondary N) is 1. The molecule has 0 spiro atoms. The van der Waals surface area contributed by atoms with E-state index in [-0.39, 0.29) is 5.56 Å². The van der Waals surface area contributed by atoms with Crippen LogP contribution in [0.3, 0.4) is 0 Å². The average molecular weight is 370 g/mol. The highest BCUT2D eigenvalue weighted by molar-refractivity contribution is 5.37. The molecule has 2 aromatic rings. The molecule has 6 nitrogen and oxygen atoms in total. The van der Waals surface area contributed by atoms with Crippen LogP contribution in [0.15, 0.2) is 41.5 Å². The molecule has 0 radical (unpaired) electrons. The fourth-order valence-corrected chi connectivity index (χ4v) is 3.41. The maximum absolute atomic E-state index is 12.3. The number of hydrogen-bond acceptors (Lipinski definition) is 5. The summed E-state index contributed by atoms with van der Waals surface area (Å²) >= 11 is 0. The summed E-state index contributed by atoms with van der Waals surface area (Å²) in [6, 6.07) is 8.55. The average Bonchev–Trinajstić information content (AvgIpc) is 2.70. The van der Waals surface area contributed by atoms with E-state index in [1.165, 1.54) is 5.56 Å². The van der Waals surface area contributed by atoms with Crippen LogP contribution >= 0.6 is 0 Å². The van der Waals surface area contributed by atoms with Crippen LogP contribution in [0.25, 0.3) is 0 Å². The number of aryl methyl sites for hydroxylation is 1. The van der Waals surface area contributed by atoms with Gasteiger partial charge in [-0.25, -0.2) is 4.98 Å². The highest BCUT2D eigenvalue weighted by Gasteiger charge is 2.23. The predicted molar refractivity (Wildman–Crippen MR) is 108 cm³/mol. The predicted octanol–water partition coefficient (Wildman–Crippen LogP) is 2.72. The van der Waals surface area contributed by atoms with Gasteiger partial charge in [0.25, 0.3) is 5.56 Å². The van der Waals surface area contributed by atoms with Gasteiger partial charge in [0.15, 0.2) is 5.82 Å². The molecule has 146 valence electrons. The van der Waals surface area contributed by atoms with Gasteiger partial charge in [-0.2, -0.15) is 0 Å². The normalized spacial score (nSPS) is 17.1. The van der Waals surface area contributed by atoms with Gasteiger partial charge in [-0.05, 0) is 25.3 Å². The first-order valence-corrected chi connectivity index (χ1v) is 9.89. The van der Waals surface area contributed by atoms with Crippen molar-refractivity contribution in [1.82, 2.24) is 14.9 Å². The van der Waals surface area contributed by atoms with Crippen LogP contribution < -0.4 is 20.5 Å². The molecule has 1 aliphatic rings. The van der Waals surface area contributed by atoms with Crippen molar-refractivity contribution in [3.63, 3.8) is 0 Å². The SMILES string of the molecule is CCCCOc1ccccc1CN[C@H]1CCCN(c2nccn(C)c2=O)C1. The Labute approximate surface area is 161 Å². The van der Waals surface area contributed by atoms with Gasteiger partial charge in [-0.3, -0.25) is 4.79 Å². The number of hydrogen-bond donors (Lipinski definition) is 1. The first-order valence-electron chi connectivity index (χ1n) is 9.89. The third-order valence-electron chi connectivity index (χ3n) is 5.03. The molecule has 0 unspecified atom stereocenters. The minimum absolute atomic E-state index is 0.0344. The van der Waals surface area contributed by atoms with Crippen molar-refractivity contribution in [3.05, 3.63) is 52.6 Å². The maximum Gasteiger partial charge on any atom is 0.293 e. The number of ether oxygens (including phenoxy) is 1. The molecule has 1 aliphatic heterocycles. The van der Waals surface area contributed by atoms with E-state index in [2.05, 4.69) is 34.3 Å². The van der Waals surface area contributed by atoms with Gasteiger partial charge in [0.2, 0.25) is 0 Å². The van der Waals surface area contributed by atoms with Crippen molar-refractivity contribution in [3.8, 4) is 5.75 Å². The summed E-state index contributed by atoms with van der Waals surface area (Å²) < 4.78 is 7.52. The van der Waals surface area contributed by atoms with E-state index in [4.69, 9.17) is 4.74 Å². The molecule has 27 heavy (non-hydrogen) atoms. The van der Waals surface area contributed by atoms with Gasteiger partial charge in [0.05, 0.1) is 6.61 Å². The van der Waals surface area contributed by atoms with E-state index in [0.29, 0.717) is 11.9 Å². The van der Waals surface area contributed by atoms with E-state index in [0.717, 1.165) is 57.7 Å². The van der Waals surface area contributed by atoms with Crippen LogP contribution in [0.5, 0.6) is 5.75 Å². The largest absolute Gasteiger partial charge is 0.493 e. The second-order valence-electron chi connectivity index (χ2n) is 7.14. The number of piperidine rings is 1. The van der Waals surface area contributed by atoms with E-state index in [9.17, 15) is 4.79 Å². The molecular weight excluding hydrogens is 340 g/mol. The molecule has 1 atom stereocenters. The van der Waals surface area contributed by atoms with Gasteiger partial charge >= 0.3 is 0 Å². The van der Waals surface area contributed by atoms with E-state index in [1.807, 2.05) is 12.1 Å². The Morgan fingerprint density at radius 2 is 2.19 bits per heavy atom. The Morgan fingerprint density at radius 3 is 3.04 bits per heavy atom. The van der Waals surface area contributed by atoms with Crippen LogP contribution in [0, 0.1) is 0 Å². The summed E-state index contributed by atoms with van der Waals surface area (Å²) in [4.78, 5) is 18.8. The monoisotopic (exact) mass is 370 g/mol. The van der Waals surface area contributed by atoms with Gasteiger partial charge in [0, 0.05) is 50.7 Å². The Balaban J connectivity index is 1.60. The van der Waals surface area contributed by atoms with Crippen LogP contribution in [-0.2, 0) is 13.6 Å². The third kappa shape index (κ3) is 5.10. The number of aromatic nitrogens is 2. The number of unbranched alkanes of at least 4 members (excludes halogenated alkanes) is 1. The Kier molecular flexibility index (Phi) is 6.87. The summed E-state index contributed by atoms with van der Waals surface area (Å²) in [5.41, 5.74) is 1.15. The zero-order chi connectivity index (χ0) is 19.1. The quantitative estimate of drug-likeness (QED) is 0.724. The lowest BCUT2D eigenvalue weighted by molar-refractivity contribution is 0.304. The fraction of sp³-hybridized carbons (Fsp3) is 0.524. The highest BCUT2D eigenvalue weighted by Crippen LogP contribution is 2.20. The number of anilines is 1. The van der Waals surface area contributed by atoms with Crippen molar-refractivity contribution in [1.29, 1.82) is 0 Å². The number of para-hydroxylation sites is 1. The smallest absolute Gasteiger partial charge is 0.293 e. The van der Waals surface area contributed by atoms with Gasteiger partial charge < -0.3 is 19.5 Å². The summed E-state index contributed by atoms with van der Waals surface area (Å²) in [5.74, 6) is 1.51. The lowest BCUT2D eigenvalue weighted by Gasteiger charge is -2.33. The molecule has 1 aromatic heterocycles. The molecule has 0 amide bonds. The molecule has 1 N–H and O–H groups in total. The molecular formula is C21H30N4O2. The molecule has 6 heteroatoms. The van der Waals surface area contributed by atoms with Crippen molar-refractivity contribution in [2.75, 3.05) is 24.6 Å². The van der Waals surface area contributed by atoms with E-state index in [1.54, 1.807) is 24.0 Å². The van der Waals surface area contributed by atoms with E-state index >= 15 is 0 Å². The minimum atomic E-state index is -0.0344. The summed E-state index contributed by atoms with van der Waals surface area (Å²) in [6.45, 7) is 5.36. The van der Waals surface area contributed by atoms with Crippen LogP contribution in [-0.4, -0.2) is 35.3 Å². The molecule has 0 bridgehead atoms.